The van der Waals surface area contributed by atoms with Gasteiger partial charge in [-0.3, -0.25) is 0 Å². The Bertz CT molecular complexity index is 299. The third-order valence-electron chi connectivity index (χ3n) is 6.88. The van der Waals surface area contributed by atoms with Crippen LogP contribution in [0.25, 0.3) is 0 Å². The number of fused-ring (bicyclic) bond motifs is 1. The fourth-order valence-corrected chi connectivity index (χ4v) is 6.12. The maximum absolute atomic E-state index is 2.54. The molecule has 0 aromatic heterocycles. The summed E-state index contributed by atoms with van der Waals surface area (Å²) in [6.45, 7) is 10.00. The van der Waals surface area contributed by atoms with Crippen molar-refractivity contribution in [3.8, 4) is 0 Å². The van der Waals surface area contributed by atoms with Gasteiger partial charge in [-0.25, -0.2) is 0 Å². The molecule has 4 unspecified atom stereocenters. The SMILES string of the molecule is CCCC1(C2(C(C)C)CCCC3C(C)C32)CC1. The second kappa shape index (κ2) is 3.75. The fourth-order valence-electron chi connectivity index (χ4n) is 6.12. The molecule has 3 aliphatic carbocycles. The van der Waals surface area contributed by atoms with Crippen LogP contribution in [0, 0.1) is 34.5 Å². The Morgan fingerprint density at radius 2 is 1.88 bits per heavy atom. The van der Waals surface area contributed by atoms with Crippen molar-refractivity contribution in [3.63, 3.8) is 0 Å². The molecule has 0 aliphatic heterocycles. The Morgan fingerprint density at radius 1 is 1.18 bits per heavy atom. The smallest absolute Gasteiger partial charge is 0.0184 e. The van der Waals surface area contributed by atoms with Crippen molar-refractivity contribution in [2.45, 2.75) is 72.6 Å². The van der Waals surface area contributed by atoms with E-state index >= 15 is 0 Å². The van der Waals surface area contributed by atoms with E-state index in [0.717, 1.165) is 34.5 Å². The van der Waals surface area contributed by atoms with Crippen molar-refractivity contribution in [2.24, 2.45) is 34.5 Å². The van der Waals surface area contributed by atoms with E-state index in [9.17, 15) is 0 Å². The van der Waals surface area contributed by atoms with Crippen LogP contribution in [0.2, 0.25) is 0 Å². The molecule has 0 amide bonds. The first-order chi connectivity index (χ1) is 8.09. The Kier molecular flexibility index (Phi) is 2.66. The van der Waals surface area contributed by atoms with E-state index in [2.05, 4.69) is 27.7 Å². The van der Waals surface area contributed by atoms with Crippen LogP contribution in [0.4, 0.5) is 0 Å². The fraction of sp³-hybridized carbons (Fsp3) is 1.00. The standard InChI is InChI=1S/C17H30/c1-5-8-16(10-11-16)17(12(2)3)9-6-7-14-13(4)15(14)17/h12-15H,5-11H2,1-4H3. The quantitative estimate of drug-likeness (QED) is 0.621. The van der Waals surface area contributed by atoms with Gasteiger partial charge < -0.3 is 0 Å². The first-order valence-corrected chi connectivity index (χ1v) is 8.09. The van der Waals surface area contributed by atoms with E-state index in [1.54, 1.807) is 25.7 Å². The van der Waals surface area contributed by atoms with Gasteiger partial charge in [-0.2, -0.15) is 0 Å². The highest BCUT2D eigenvalue weighted by molar-refractivity contribution is 5.19. The van der Waals surface area contributed by atoms with E-state index in [-0.39, 0.29) is 0 Å². The van der Waals surface area contributed by atoms with Gasteiger partial charge in [-0.05, 0) is 66.6 Å². The van der Waals surface area contributed by atoms with Crippen LogP contribution in [0.15, 0.2) is 0 Å². The maximum atomic E-state index is 2.54. The Hall–Kier alpha value is 0. The topological polar surface area (TPSA) is 0 Å². The first kappa shape index (κ1) is 12.1. The van der Waals surface area contributed by atoms with Crippen LogP contribution < -0.4 is 0 Å². The van der Waals surface area contributed by atoms with Crippen LogP contribution >= 0.6 is 0 Å². The zero-order chi connectivity index (χ0) is 12.3. The van der Waals surface area contributed by atoms with Crippen LogP contribution in [-0.4, -0.2) is 0 Å². The lowest BCUT2D eigenvalue weighted by Crippen LogP contribution is -2.42. The molecule has 3 fully saturated rings. The average Bonchev–Trinajstić information content (AvgIpc) is 3.18. The molecule has 0 spiro atoms. The lowest BCUT2D eigenvalue weighted by Gasteiger charge is -2.49. The summed E-state index contributed by atoms with van der Waals surface area (Å²) in [5, 5.41) is 0. The summed E-state index contributed by atoms with van der Waals surface area (Å²) < 4.78 is 0. The molecule has 0 heterocycles. The molecule has 3 rings (SSSR count). The largest absolute Gasteiger partial charge is 0.0654 e. The molecule has 0 saturated heterocycles. The first-order valence-electron chi connectivity index (χ1n) is 8.09. The highest BCUT2D eigenvalue weighted by atomic mass is 14.7. The predicted octanol–water partition coefficient (Wildman–Crippen LogP) is 5.28. The van der Waals surface area contributed by atoms with Gasteiger partial charge >= 0.3 is 0 Å². The second-order valence-electron chi connectivity index (χ2n) is 7.67. The van der Waals surface area contributed by atoms with Crippen molar-refractivity contribution in [1.29, 1.82) is 0 Å². The van der Waals surface area contributed by atoms with E-state index in [0.29, 0.717) is 0 Å². The monoisotopic (exact) mass is 234 g/mol. The van der Waals surface area contributed by atoms with Crippen molar-refractivity contribution in [2.75, 3.05) is 0 Å². The highest BCUT2D eigenvalue weighted by Gasteiger charge is 2.70. The van der Waals surface area contributed by atoms with Gasteiger partial charge in [-0.1, -0.05) is 40.5 Å². The normalized spacial score (nSPS) is 46.8. The van der Waals surface area contributed by atoms with Crippen molar-refractivity contribution in [1.82, 2.24) is 0 Å². The lowest BCUT2D eigenvalue weighted by molar-refractivity contribution is -0.00301. The van der Waals surface area contributed by atoms with Crippen LogP contribution in [0.5, 0.6) is 0 Å². The molecule has 0 radical (unpaired) electrons. The minimum atomic E-state index is 0.741. The molecule has 0 heteroatoms. The summed E-state index contributed by atoms with van der Waals surface area (Å²) >= 11 is 0. The molecule has 0 N–H and O–H groups in total. The van der Waals surface area contributed by atoms with Gasteiger partial charge in [0.25, 0.3) is 0 Å². The molecule has 3 aliphatic rings. The van der Waals surface area contributed by atoms with Crippen molar-refractivity contribution >= 4 is 0 Å². The third kappa shape index (κ3) is 1.42. The summed E-state index contributed by atoms with van der Waals surface area (Å²) in [6, 6.07) is 0. The number of hydrogen-bond donors (Lipinski definition) is 0. The Balaban J connectivity index is 1.93. The molecule has 3 saturated carbocycles. The van der Waals surface area contributed by atoms with Crippen LogP contribution in [0.1, 0.15) is 72.6 Å². The minimum absolute atomic E-state index is 0.741. The zero-order valence-electron chi connectivity index (χ0n) is 12.3. The van der Waals surface area contributed by atoms with Crippen LogP contribution in [-0.2, 0) is 0 Å². The lowest BCUT2D eigenvalue weighted by atomic mass is 9.56. The van der Waals surface area contributed by atoms with Crippen LogP contribution in [0.3, 0.4) is 0 Å². The summed E-state index contributed by atoms with van der Waals surface area (Å²) in [4.78, 5) is 0. The molecule has 0 aromatic rings. The van der Waals surface area contributed by atoms with Gasteiger partial charge in [0.05, 0.1) is 0 Å². The summed E-state index contributed by atoms with van der Waals surface area (Å²) in [6.07, 6.45) is 10.6. The van der Waals surface area contributed by atoms with E-state index in [4.69, 9.17) is 0 Å². The van der Waals surface area contributed by atoms with Gasteiger partial charge in [0, 0.05) is 0 Å². The van der Waals surface area contributed by atoms with E-state index < -0.39 is 0 Å². The summed E-state index contributed by atoms with van der Waals surface area (Å²) in [5.74, 6) is 4.18. The van der Waals surface area contributed by atoms with Gasteiger partial charge in [-0.15, -0.1) is 0 Å². The molecule has 0 aromatic carbocycles. The molecule has 17 heavy (non-hydrogen) atoms. The molecular weight excluding hydrogens is 204 g/mol. The number of hydrogen-bond acceptors (Lipinski definition) is 0. The zero-order valence-corrected chi connectivity index (χ0v) is 12.3. The molecule has 4 atom stereocenters. The maximum Gasteiger partial charge on any atom is -0.0184 e. The third-order valence-corrected chi connectivity index (χ3v) is 6.88. The summed E-state index contributed by atoms with van der Waals surface area (Å²) in [5.41, 5.74) is 1.52. The Morgan fingerprint density at radius 3 is 2.41 bits per heavy atom. The van der Waals surface area contributed by atoms with Gasteiger partial charge in [0.15, 0.2) is 0 Å². The molecule has 98 valence electrons. The highest BCUT2D eigenvalue weighted by Crippen LogP contribution is 2.78. The minimum Gasteiger partial charge on any atom is -0.0654 e. The van der Waals surface area contributed by atoms with Gasteiger partial charge in [0.2, 0.25) is 0 Å². The second-order valence-corrected chi connectivity index (χ2v) is 7.67. The van der Waals surface area contributed by atoms with Gasteiger partial charge in [0.1, 0.15) is 0 Å². The molecular formula is C17H30. The Labute approximate surface area is 108 Å². The number of rotatable bonds is 4. The average molecular weight is 234 g/mol. The molecule has 0 nitrogen and oxygen atoms in total. The van der Waals surface area contributed by atoms with E-state index in [1.165, 1.54) is 19.3 Å². The van der Waals surface area contributed by atoms with Crippen molar-refractivity contribution in [3.05, 3.63) is 0 Å². The van der Waals surface area contributed by atoms with Crippen molar-refractivity contribution < 1.29 is 0 Å². The van der Waals surface area contributed by atoms with E-state index in [1.807, 2.05) is 0 Å². The molecule has 0 bridgehead atoms. The summed E-state index contributed by atoms with van der Waals surface area (Å²) in [7, 11) is 0. The predicted molar refractivity (Wildman–Crippen MR) is 73.8 cm³/mol.